The number of nitrogens with one attached hydrogen (secondary N) is 1. The molecule has 1 aliphatic rings. The zero-order valence-corrected chi connectivity index (χ0v) is 14.3. The Labute approximate surface area is 150 Å². The molecule has 0 saturated carbocycles. The van der Waals surface area contributed by atoms with E-state index in [0.717, 1.165) is 17.7 Å². The number of rotatable bonds is 5. The van der Waals surface area contributed by atoms with Gasteiger partial charge in [-0.1, -0.05) is 30.3 Å². The zero-order valence-electron chi connectivity index (χ0n) is 14.3. The lowest BCUT2D eigenvalue weighted by atomic mass is 10.0. The summed E-state index contributed by atoms with van der Waals surface area (Å²) >= 11 is 0. The molecular weight excluding hydrogens is 338 g/mol. The van der Waals surface area contributed by atoms with Crippen molar-refractivity contribution in [3.05, 3.63) is 71.3 Å². The standard InChI is InChI=1S/C20H20F2N2O2/c21-17-7-6-16(11-18(17)22)20(26)24-9-8-15(13-24)10-19(25)23-12-14-4-2-1-3-5-14/h1-7,11,15H,8-10,12-13H2,(H,23,25). The number of hydrogen-bond acceptors (Lipinski definition) is 2. The summed E-state index contributed by atoms with van der Waals surface area (Å²) in [6, 6.07) is 12.8. The van der Waals surface area contributed by atoms with Crippen molar-refractivity contribution in [2.75, 3.05) is 13.1 Å². The van der Waals surface area contributed by atoms with E-state index in [2.05, 4.69) is 5.32 Å². The summed E-state index contributed by atoms with van der Waals surface area (Å²) in [4.78, 5) is 26.1. The summed E-state index contributed by atoms with van der Waals surface area (Å²) in [7, 11) is 0. The van der Waals surface area contributed by atoms with Crippen LogP contribution in [-0.4, -0.2) is 29.8 Å². The predicted octanol–water partition coefficient (Wildman–Crippen LogP) is 3.13. The van der Waals surface area contributed by atoms with E-state index in [1.165, 1.54) is 6.07 Å². The maximum atomic E-state index is 13.3. The fourth-order valence-corrected chi connectivity index (χ4v) is 3.13. The van der Waals surface area contributed by atoms with Crippen LogP contribution in [0.15, 0.2) is 48.5 Å². The number of likely N-dealkylation sites (tertiary alicyclic amines) is 1. The van der Waals surface area contributed by atoms with Crippen molar-refractivity contribution in [1.29, 1.82) is 0 Å². The second-order valence-electron chi connectivity index (χ2n) is 6.50. The van der Waals surface area contributed by atoms with Crippen LogP contribution in [0.1, 0.15) is 28.8 Å². The Morgan fingerprint density at radius 2 is 1.85 bits per heavy atom. The molecule has 2 aromatic carbocycles. The maximum absolute atomic E-state index is 13.3. The van der Waals surface area contributed by atoms with Crippen molar-refractivity contribution in [2.45, 2.75) is 19.4 Å². The van der Waals surface area contributed by atoms with Gasteiger partial charge in [0.15, 0.2) is 11.6 Å². The predicted molar refractivity (Wildman–Crippen MR) is 93.3 cm³/mol. The molecule has 4 nitrogen and oxygen atoms in total. The van der Waals surface area contributed by atoms with E-state index in [0.29, 0.717) is 32.5 Å². The molecule has 1 N–H and O–H groups in total. The first-order chi connectivity index (χ1) is 12.5. The third-order valence-corrected chi connectivity index (χ3v) is 4.55. The van der Waals surface area contributed by atoms with Crippen LogP contribution in [0.2, 0.25) is 0 Å². The third-order valence-electron chi connectivity index (χ3n) is 4.55. The molecule has 0 spiro atoms. The molecule has 1 aliphatic heterocycles. The van der Waals surface area contributed by atoms with Crippen molar-refractivity contribution in [3.63, 3.8) is 0 Å². The number of hydrogen-bond donors (Lipinski definition) is 1. The lowest BCUT2D eigenvalue weighted by Gasteiger charge is -2.16. The molecule has 0 radical (unpaired) electrons. The molecule has 1 saturated heterocycles. The molecule has 1 unspecified atom stereocenters. The lowest BCUT2D eigenvalue weighted by Crippen LogP contribution is -2.30. The Hall–Kier alpha value is -2.76. The second-order valence-corrected chi connectivity index (χ2v) is 6.50. The van der Waals surface area contributed by atoms with Gasteiger partial charge in [-0.2, -0.15) is 0 Å². The normalized spacial score (nSPS) is 16.5. The molecule has 3 rings (SSSR count). The van der Waals surface area contributed by atoms with Crippen molar-refractivity contribution in [3.8, 4) is 0 Å². The first kappa shape index (κ1) is 18.0. The van der Waals surface area contributed by atoms with Gasteiger partial charge < -0.3 is 10.2 Å². The Morgan fingerprint density at radius 1 is 1.08 bits per heavy atom. The molecule has 1 heterocycles. The van der Waals surface area contributed by atoms with Crippen molar-refractivity contribution in [1.82, 2.24) is 10.2 Å². The Bertz CT molecular complexity index is 796. The average molecular weight is 358 g/mol. The molecule has 1 atom stereocenters. The highest BCUT2D eigenvalue weighted by Crippen LogP contribution is 2.22. The van der Waals surface area contributed by atoms with Gasteiger partial charge in [0.05, 0.1) is 0 Å². The highest BCUT2D eigenvalue weighted by molar-refractivity contribution is 5.94. The smallest absolute Gasteiger partial charge is 0.253 e. The molecule has 136 valence electrons. The Balaban J connectivity index is 1.49. The van der Waals surface area contributed by atoms with Crippen LogP contribution < -0.4 is 5.32 Å². The van der Waals surface area contributed by atoms with Gasteiger partial charge in [0.25, 0.3) is 5.91 Å². The molecular formula is C20H20F2N2O2. The quantitative estimate of drug-likeness (QED) is 0.893. The average Bonchev–Trinajstić information content (AvgIpc) is 3.11. The van der Waals surface area contributed by atoms with E-state index in [9.17, 15) is 18.4 Å². The summed E-state index contributed by atoms with van der Waals surface area (Å²) in [6.07, 6.45) is 1.06. The molecule has 2 amide bonds. The highest BCUT2D eigenvalue weighted by atomic mass is 19.2. The first-order valence-corrected chi connectivity index (χ1v) is 8.58. The van der Waals surface area contributed by atoms with Crippen molar-refractivity contribution in [2.24, 2.45) is 5.92 Å². The number of nitrogens with zero attached hydrogens (tertiary/aromatic N) is 1. The number of halogens is 2. The van der Waals surface area contributed by atoms with E-state index < -0.39 is 11.6 Å². The van der Waals surface area contributed by atoms with Gasteiger partial charge in [0.1, 0.15) is 0 Å². The highest BCUT2D eigenvalue weighted by Gasteiger charge is 2.28. The fraction of sp³-hybridized carbons (Fsp3) is 0.300. The Morgan fingerprint density at radius 3 is 2.58 bits per heavy atom. The van der Waals surface area contributed by atoms with Crippen LogP contribution in [0.25, 0.3) is 0 Å². The van der Waals surface area contributed by atoms with Crippen LogP contribution in [0, 0.1) is 17.6 Å². The monoisotopic (exact) mass is 358 g/mol. The van der Waals surface area contributed by atoms with Crippen molar-refractivity contribution >= 4 is 11.8 Å². The van der Waals surface area contributed by atoms with Gasteiger partial charge in [0, 0.05) is 31.6 Å². The minimum Gasteiger partial charge on any atom is -0.352 e. The fourth-order valence-electron chi connectivity index (χ4n) is 3.13. The molecule has 0 aromatic heterocycles. The van der Waals surface area contributed by atoms with Gasteiger partial charge in [-0.05, 0) is 36.1 Å². The van der Waals surface area contributed by atoms with Crippen LogP contribution >= 0.6 is 0 Å². The Kier molecular flexibility index (Phi) is 5.61. The minimum atomic E-state index is -1.04. The topological polar surface area (TPSA) is 49.4 Å². The van der Waals surface area contributed by atoms with E-state index in [4.69, 9.17) is 0 Å². The molecule has 0 aliphatic carbocycles. The van der Waals surface area contributed by atoms with Crippen molar-refractivity contribution < 1.29 is 18.4 Å². The molecule has 26 heavy (non-hydrogen) atoms. The van der Waals surface area contributed by atoms with Gasteiger partial charge in [0.2, 0.25) is 5.91 Å². The van der Waals surface area contributed by atoms with E-state index in [1.807, 2.05) is 30.3 Å². The number of carbonyl (C=O) groups excluding carboxylic acids is 2. The summed E-state index contributed by atoms with van der Waals surface area (Å²) < 4.78 is 26.3. The molecule has 2 aromatic rings. The van der Waals surface area contributed by atoms with Crippen LogP contribution in [0.4, 0.5) is 8.78 Å². The molecule has 6 heteroatoms. The van der Waals surface area contributed by atoms with E-state index in [1.54, 1.807) is 4.90 Å². The maximum Gasteiger partial charge on any atom is 0.253 e. The summed E-state index contributed by atoms with van der Waals surface area (Å²) in [5.41, 5.74) is 1.15. The third kappa shape index (κ3) is 4.45. The van der Waals surface area contributed by atoms with Crippen LogP contribution in [-0.2, 0) is 11.3 Å². The summed E-state index contributed by atoms with van der Waals surface area (Å²) in [5, 5.41) is 2.88. The van der Waals surface area contributed by atoms with Gasteiger partial charge >= 0.3 is 0 Å². The summed E-state index contributed by atoms with van der Waals surface area (Å²) in [6.45, 7) is 1.43. The number of carbonyl (C=O) groups is 2. The SMILES string of the molecule is O=C(CC1CCN(C(=O)c2ccc(F)c(F)c2)C1)NCc1ccccc1. The number of benzene rings is 2. The van der Waals surface area contributed by atoms with Gasteiger partial charge in [-0.15, -0.1) is 0 Å². The van der Waals surface area contributed by atoms with E-state index in [-0.39, 0.29) is 23.3 Å². The lowest BCUT2D eigenvalue weighted by molar-refractivity contribution is -0.122. The zero-order chi connectivity index (χ0) is 18.5. The van der Waals surface area contributed by atoms with Gasteiger partial charge in [-0.25, -0.2) is 8.78 Å². The summed E-state index contributed by atoms with van der Waals surface area (Å²) in [5.74, 6) is -2.33. The van der Waals surface area contributed by atoms with Crippen LogP contribution in [0.3, 0.4) is 0 Å². The second kappa shape index (κ2) is 8.08. The first-order valence-electron chi connectivity index (χ1n) is 8.58. The van der Waals surface area contributed by atoms with Crippen LogP contribution in [0.5, 0.6) is 0 Å². The van der Waals surface area contributed by atoms with Gasteiger partial charge in [-0.3, -0.25) is 9.59 Å². The number of amides is 2. The minimum absolute atomic E-state index is 0.0546. The molecule has 0 bridgehead atoms. The van der Waals surface area contributed by atoms with E-state index >= 15 is 0 Å². The molecule has 1 fully saturated rings. The largest absolute Gasteiger partial charge is 0.352 e.